The Morgan fingerprint density at radius 2 is 1.67 bits per heavy atom. The minimum Gasteiger partial charge on any atom is -0.488 e. The van der Waals surface area contributed by atoms with Gasteiger partial charge in [0.2, 0.25) is 17.7 Å². The van der Waals surface area contributed by atoms with E-state index in [1.54, 1.807) is 38.1 Å². The number of ether oxygens (including phenoxy) is 2. The van der Waals surface area contributed by atoms with E-state index >= 15 is 0 Å². The third-order valence-corrected chi connectivity index (χ3v) is 6.77. The molecule has 5 atom stereocenters. The molecule has 1 saturated heterocycles. The van der Waals surface area contributed by atoms with Crippen LogP contribution in [-0.4, -0.2) is 71.4 Å². The predicted octanol–water partition coefficient (Wildman–Crippen LogP) is 3.51. The van der Waals surface area contributed by atoms with Crippen LogP contribution in [0.15, 0.2) is 24.3 Å². The maximum absolute atomic E-state index is 13.5. The summed E-state index contributed by atoms with van der Waals surface area (Å²) in [7, 11) is 0. The SMILES string of the molecule is CCC(C)C(NC(=O)C(Cc1ccc(OC(C)(C)C)cc1)NC(=O)[C@@H]1CCCO1)C(=O)NC(CCC(F)(F)F)C(=O)O. The average Bonchev–Trinajstić information content (AvgIpc) is 3.43. The Balaban J connectivity index is 2.24. The number of carbonyl (C=O) groups excluding carboxylic acids is 3. The number of benzene rings is 1. The second-order valence-electron chi connectivity index (χ2n) is 11.6. The van der Waals surface area contributed by atoms with Crippen LogP contribution in [0.3, 0.4) is 0 Å². The molecule has 0 saturated carbocycles. The lowest BCUT2D eigenvalue weighted by atomic mass is 9.96. The fraction of sp³-hybridized carbons (Fsp3) is 0.655. The van der Waals surface area contributed by atoms with Crippen LogP contribution < -0.4 is 20.7 Å². The summed E-state index contributed by atoms with van der Waals surface area (Å²) in [4.78, 5) is 51.0. The summed E-state index contributed by atoms with van der Waals surface area (Å²) in [6.45, 7) is 9.51. The maximum Gasteiger partial charge on any atom is 0.389 e. The fourth-order valence-corrected chi connectivity index (χ4v) is 4.32. The van der Waals surface area contributed by atoms with Crippen LogP contribution in [0.2, 0.25) is 0 Å². The van der Waals surface area contributed by atoms with Crippen molar-refractivity contribution in [3.8, 4) is 5.75 Å². The average molecular weight is 602 g/mol. The van der Waals surface area contributed by atoms with E-state index in [0.717, 1.165) is 0 Å². The predicted molar refractivity (Wildman–Crippen MR) is 148 cm³/mol. The van der Waals surface area contributed by atoms with Crippen molar-refractivity contribution in [3.63, 3.8) is 0 Å². The first-order chi connectivity index (χ1) is 19.5. The zero-order valence-electron chi connectivity index (χ0n) is 24.7. The summed E-state index contributed by atoms with van der Waals surface area (Å²) in [6.07, 6.45) is -5.96. The molecule has 236 valence electrons. The van der Waals surface area contributed by atoms with Gasteiger partial charge in [0.25, 0.3) is 0 Å². The van der Waals surface area contributed by atoms with Crippen molar-refractivity contribution in [2.45, 2.75) is 109 Å². The van der Waals surface area contributed by atoms with E-state index in [4.69, 9.17) is 9.47 Å². The molecule has 1 heterocycles. The molecule has 1 aliphatic rings. The molecule has 3 amide bonds. The van der Waals surface area contributed by atoms with Gasteiger partial charge in [-0.15, -0.1) is 0 Å². The number of aliphatic carboxylic acids is 1. The lowest BCUT2D eigenvalue weighted by Crippen LogP contribution is -2.58. The third-order valence-electron chi connectivity index (χ3n) is 6.77. The minimum atomic E-state index is -4.60. The van der Waals surface area contributed by atoms with E-state index in [1.165, 1.54) is 0 Å². The second-order valence-corrected chi connectivity index (χ2v) is 11.6. The van der Waals surface area contributed by atoms with Gasteiger partial charge < -0.3 is 30.5 Å². The van der Waals surface area contributed by atoms with Crippen molar-refractivity contribution in [3.05, 3.63) is 29.8 Å². The molecule has 13 heteroatoms. The van der Waals surface area contributed by atoms with Crippen LogP contribution in [0.1, 0.15) is 72.3 Å². The molecule has 0 radical (unpaired) electrons. The fourth-order valence-electron chi connectivity index (χ4n) is 4.32. The highest BCUT2D eigenvalue weighted by atomic mass is 19.4. The van der Waals surface area contributed by atoms with E-state index in [1.807, 2.05) is 20.8 Å². The van der Waals surface area contributed by atoms with Gasteiger partial charge in [0.15, 0.2) is 0 Å². The summed E-state index contributed by atoms with van der Waals surface area (Å²) < 4.78 is 49.4. The molecular weight excluding hydrogens is 559 g/mol. The molecule has 1 fully saturated rings. The molecule has 10 nitrogen and oxygen atoms in total. The number of amides is 3. The van der Waals surface area contributed by atoms with Gasteiger partial charge in [-0.2, -0.15) is 13.2 Å². The van der Waals surface area contributed by atoms with Crippen molar-refractivity contribution in [2.75, 3.05) is 6.61 Å². The molecule has 0 bridgehead atoms. The summed E-state index contributed by atoms with van der Waals surface area (Å²) in [5, 5.41) is 16.8. The topological polar surface area (TPSA) is 143 Å². The van der Waals surface area contributed by atoms with Gasteiger partial charge in [-0.05, 0) is 63.6 Å². The molecule has 1 aromatic rings. The Hall–Kier alpha value is -3.35. The molecule has 1 aromatic carbocycles. The quantitative estimate of drug-likeness (QED) is 0.256. The van der Waals surface area contributed by atoms with E-state index in [2.05, 4.69) is 16.0 Å². The number of carbonyl (C=O) groups is 4. The summed E-state index contributed by atoms with van der Waals surface area (Å²) >= 11 is 0. The zero-order chi connectivity index (χ0) is 31.7. The number of halogens is 3. The molecule has 1 aliphatic heterocycles. The number of rotatable bonds is 14. The van der Waals surface area contributed by atoms with Crippen LogP contribution in [0.4, 0.5) is 13.2 Å². The molecule has 2 rings (SSSR count). The van der Waals surface area contributed by atoms with Gasteiger partial charge in [-0.3, -0.25) is 14.4 Å². The minimum absolute atomic E-state index is 0.0538. The standard InChI is InChI=1S/C29H42F3N3O7/c1-6-17(2)23(26(38)33-20(27(39)40)13-14-29(30,31)32)35-24(36)21(34-25(37)22-8-7-15-41-22)16-18-9-11-19(12-10-18)42-28(3,4)5/h9-12,17,20-23H,6-8,13-16H2,1-5H3,(H,33,38)(H,34,37)(H,35,36)(H,39,40)/t17?,20?,21?,22-,23?/m0/s1. The Kier molecular flexibility index (Phi) is 12.6. The molecule has 0 spiro atoms. The molecular formula is C29H42F3N3O7. The van der Waals surface area contributed by atoms with E-state index in [9.17, 15) is 37.5 Å². The smallest absolute Gasteiger partial charge is 0.389 e. The monoisotopic (exact) mass is 601 g/mol. The molecule has 4 unspecified atom stereocenters. The van der Waals surface area contributed by atoms with Crippen LogP contribution in [0, 0.1) is 5.92 Å². The van der Waals surface area contributed by atoms with Crippen LogP contribution in [-0.2, 0) is 30.3 Å². The highest BCUT2D eigenvalue weighted by Gasteiger charge is 2.35. The molecule has 0 aromatic heterocycles. The van der Waals surface area contributed by atoms with E-state index < -0.39 is 78.5 Å². The first-order valence-electron chi connectivity index (χ1n) is 14.1. The van der Waals surface area contributed by atoms with Crippen molar-refractivity contribution in [1.29, 1.82) is 0 Å². The lowest BCUT2D eigenvalue weighted by molar-refractivity contribution is -0.148. The summed E-state index contributed by atoms with van der Waals surface area (Å²) in [5.74, 6) is -3.64. The van der Waals surface area contributed by atoms with Gasteiger partial charge in [0.05, 0.1) is 0 Å². The number of carboxylic acids is 1. The Labute approximate surface area is 244 Å². The van der Waals surface area contributed by atoms with Gasteiger partial charge in [-0.25, -0.2) is 4.79 Å². The molecule has 4 N–H and O–H groups in total. The van der Waals surface area contributed by atoms with Crippen molar-refractivity contribution >= 4 is 23.7 Å². The summed E-state index contributed by atoms with van der Waals surface area (Å²) in [5.41, 5.74) is 0.267. The van der Waals surface area contributed by atoms with Gasteiger partial charge >= 0.3 is 12.1 Å². The van der Waals surface area contributed by atoms with Crippen molar-refractivity contribution in [2.24, 2.45) is 5.92 Å². The Bertz CT molecular complexity index is 1070. The lowest BCUT2D eigenvalue weighted by Gasteiger charge is -2.28. The normalized spacial score (nSPS) is 18.3. The Morgan fingerprint density at radius 1 is 1.02 bits per heavy atom. The van der Waals surface area contributed by atoms with Gasteiger partial charge in [0, 0.05) is 19.4 Å². The van der Waals surface area contributed by atoms with Gasteiger partial charge in [0.1, 0.15) is 35.6 Å². The first kappa shape index (κ1) is 34.8. The van der Waals surface area contributed by atoms with Gasteiger partial charge in [-0.1, -0.05) is 32.4 Å². The largest absolute Gasteiger partial charge is 0.488 e. The van der Waals surface area contributed by atoms with Crippen LogP contribution in [0.5, 0.6) is 5.75 Å². The summed E-state index contributed by atoms with van der Waals surface area (Å²) in [6, 6.07) is 2.77. The van der Waals surface area contributed by atoms with Crippen molar-refractivity contribution < 1.29 is 46.9 Å². The van der Waals surface area contributed by atoms with E-state index in [-0.39, 0.29) is 6.42 Å². The highest BCUT2D eigenvalue weighted by molar-refractivity contribution is 5.94. The van der Waals surface area contributed by atoms with Crippen LogP contribution in [0.25, 0.3) is 0 Å². The second kappa shape index (κ2) is 15.2. The third kappa shape index (κ3) is 11.9. The Morgan fingerprint density at radius 3 is 2.17 bits per heavy atom. The molecule has 42 heavy (non-hydrogen) atoms. The number of hydrogen-bond acceptors (Lipinski definition) is 6. The highest BCUT2D eigenvalue weighted by Crippen LogP contribution is 2.23. The number of hydrogen-bond donors (Lipinski definition) is 4. The van der Waals surface area contributed by atoms with Crippen LogP contribution >= 0.6 is 0 Å². The first-order valence-corrected chi connectivity index (χ1v) is 14.1. The number of alkyl halides is 3. The molecule has 0 aliphatic carbocycles. The number of carboxylic acid groups (broad SMARTS) is 1. The van der Waals surface area contributed by atoms with E-state index in [0.29, 0.717) is 37.2 Å². The number of nitrogens with one attached hydrogen (secondary N) is 3. The maximum atomic E-state index is 13.5. The van der Waals surface area contributed by atoms with Crippen molar-refractivity contribution in [1.82, 2.24) is 16.0 Å². The zero-order valence-corrected chi connectivity index (χ0v) is 24.7.